The molecular weight excluding hydrogens is 490 g/mol. The third-order valence-electron chi connectivity index (χ3n) is 5.53. The van der Waals surface area contributed by atoms with Gasteiger partial charge in [-0.25, -0.2) is 4.68 Å². The van der Waals surface area contributed by atoms with Crippen LogP contribution >= 0.6 is 11.3 Å². The first-order valence-corrected chi connectivity index (χ1v) is 13.1. The Morgan fingerprint density at radius 3 is 2.74 bits per heavy atom. The fraction of sp³-hybridized carbons (Fsp3) is 0.217. The van der Waals surface area contributed by atoms with Gasteiger partial charge in [0.1, 0.15) is 22.4 Å². The number of aromatic nitrogens is 3. The lowest BCUT2D eigenvalue weighted by atomic mass is 10.1. The lowest BCUT2D eigenvalue weighted by molar-refractivity contribution is 0.420. The number of hydrogen-bond acceptors (Lipinski definition) is 9. The van der Waals surface area contributed by atoms with Gasteiger partial charge in [0.15, 0.2) is 11.6 Å². The lowest BCUT2D eigenvalue weighted by Crippen LogP contribution is -2.34. The number of nitrogens with zero attached hydrogens (tertiary/aromatic N) is 4. The number of anilines is 1. The van der Waals surface area contributed by atoms with E-state index >= 15 is 0 Å². The molecule has 35 heavy (non-hydrogen) atoms. The molecule has 0 unspecified atom stereocenters. The molecule has 1 aromatic carbocycles. The van der Waals surface area contributed by atoms with Gasteiger partial charge in [-0.05, 0) is 41.5 Å². The summed E-state index contributed by atoms with van der Waals surface area (Å²) >= 11 is 1.34. The van der Waals surface area contributed by atoms with Gasteiger partial charge in [0.25, 0.3) is 15.6 Å². The topological polar surface area (TPSA) is 140 Å². The zero-order valence-electron chi connectivity index (χ0n) is 18.8. The Kier molecular flexibility index (Phi) is 5.77. The van der Waals surface area contributed by atoms with Crippen molar-refractivity contribution in [3.05, 3.63) is 64.1 Å². The molecule has 0 saturated carbocycles. The van der Waals surface area contributed by atoms with Crippen LogP contribution in [0.5, 0.6) is 5.75 Å². The summed E-state index contributed by atoms with van der Waals surface area (Å²) in [7, 11) is -4.19. The molecule has 3 aromatic heterocycles. The van der Waals surface area contributed by atoms with Gasteiger partial charge >= 0.3 is 0 Å². The fourth-order valence-corrected chi connectivity index (χ4v) is 5.54. The molecule has 2 N–H and O–H groups in total. The van der Waals surface area contributed by atoms with E-state index in [2.05, 4.69) is 20.0 Å². The second-order valence-electron chi connectivity index (χ2n) is 8.42. The van der Waals surface area contributed by atoms with E-state index in [1.165, 1.54) is 34.5 Å². The van der Waals surface area contributed by atoms with Crippen LogP contribution in [0.4, 0.5) is 5.69 Å². The predicted octanol–water partition coefficient (Wildman–Crippen LogP) is 3.94. The molecule has 5 rings (SSSR count). The van der Waals surface area contributed by atoms with Gasteiger partial charge in [-0.1, -0.05) is 31.1 Å². The second-order valence-corrected chi connectivity index (χ2v) is 10.9. The number of sulfonamides is 1. The summed E-state index contributed by atoms with van der Waals surface area (Å²) in [5, 5.41) is 23.8. The number of fused-ring (bicyclic) bond motifs is 1. The number of aryl methyl sites for hydroxylation is 1. The van der Waals surface area contributed by atoms with Crippen LogP contribution in [0, 0.1) is 5.92 Å². The van der Waals surface area contributed by atoms with E-state index < -0.39 is 21.3 Å². The number of amidine groups is 1. The number of benzene rings is 1. The monoisotopic (exact) mass is 511 g/mol. The molecule has 1 aliphatic heterocycles. The maximum atomic E-state index is 13.4. The number of thiophene rings is 1. The highest BCUT2D eigenvalue weighted by molar-refractivity contribution is 7.90. The summed E-state index contributed by atoms with van der Waals surface area (Å²) in [4.78, 5) is 13.9. The SMILES string of the molecule is CC(C)CCn1nc(-c2cccs2)c(O)c(C2=NS(=O)(=O)c3cc(-c4cnoc4)ccc3N2)c1=O. The maximum absolute atomic E-state index is 13.4. The number of rotatable bonds is 6. The molecule has 4 aromatic rings. The Bertz CT molecular complexity index is 1590. The van der Waals surface area contributed by atoms with Gasteiger partial charge in [0.05, 0.1) is 16.8 Å². The van der Waals surface area contributed by atoms with Crippen molar-refractivity contribution in [1.29, 1.82) is 0 Å². The Morgan fingerprint density at radius 1 is 1.23 bits per heavy atom. The van der Waals surface area contributed by atoms with Crippen molar-refractivity contribution < 1.29 is 18.0 Å². The van der Waals surface area contributed by atoms with Crippen molar-refractivity contribution >= 4 is 32.9 Å². The molecule has 0 aliphatic carbocycles. The van der Waals surface area contributed by atoms with Gasteiger partial charge in [0.2, 0.25) is 0 Å². The standard InChI is InChI=1S/C23H21N5O5S2/c1-13(2)7-8-28-23(30)19(21(29)20(26-28)17-4-3-9-34-17)22-25-16-6-5-14(15-11-24-33-12-15)10-18(16)35(31,32)27-22/h3-6,9-13,29H,7-8H2,1-2H3,(H,25,27). The first kappa shape index (κ1) is 23.0. The molecule has 0 atom stereocenters. The van der Waals surface area contributed by atoms with E-state index in [1.54, 1.807) is 24.3 Å². The number of nitrogens with one attached hydrogen (secondary N) is 1. The molecule has 180 valence electrons. The smallest absolute Gasteiger partial charge is 0.286 e. The van der Waals surface area contributed by atoms with Crippen molar-refractivity contribution in [1.82, 2.24) is 14.9 Å². The lowest BCUT2D eigenvalue weighted by Gasteiger charge is -2.20. The predicted molar refractivity (Wildman–Crippen MR) is 132 cm³/mol. The molecular formula is C23H21N5O5S2. The minimum absolute atomic E-state index is 0.0629. The summed E-state index contributed by atoms with van der Waals surface area (Å²) in [6, 6.07) is 8.28. The minimum Gasteiger partial charge on any atom is -0.505 e. The Labute approximate surface area is 204 Å². The van der Waals surface area contributed by atoms with Crippen LogP contribution in [-0.4, -0.2) is 34.3 Å². The minimum atomic E-state index is -4.19. The summed E-state index contributed by atoms with van der Waals surface area (Å²) in [6.07, 6.45) is 3.55. The highest BCUT2D eigenvalue weighted by Gasteiger charge is 2.31. The fourth-order valence-electron chi connectivity index (χ4n) is 3.68. The van der Waals surface area contributed by atoms with E-state index in [9.17, 15) is 18.3 Å². The van der Waals surface area contributed by atoms with Crippen molar-refractivity contribution in [2.45, 2.75) is 31.7 Å². The summed E-state index contributed by atoms with van der Waals surface area (Å²) in [5.41, 5.74) is 0.736. The van der Waals surface area contributed by atoms with E-state index in [4.69, 9.17) is 4.52 Å². The third-order valence-corrected chi connectivity index (χ3v) is 7.72. The average Bonchev–Trinajstić information content (AvgIpc) is 3.53. The molecule has 0 fully saturated rings. The van der Waals surface area contributed by atoms with Crippen molar-refractivity contribution in [2.24, 2.45) is 10.3 Å². The molecule has 0 saturated heterocycles. The Hall–Kier alpha value is -3.77. The van der Waals surface area contributed by atoms with E-state index in [0.29, 0.717) is 34.9 Å². The normalized spacial score (nSPS) is 14.4. The van der Waals surface area contributed by atoms with Crippen molar-refractivity contribution in [3.8, 4) is 27.4 Å². The van der Waals surface area contributed by atoms with E-state index in [-0.39, 0.29) is 27.7 Å². The molecule has 12 heteroatoms. The zero-order valence-corrected chi connectivity index (χ0v) is 20.4. The van der Waals surface area contributed by atoms with Crippen LogP contribution in [0.2, 0.25) is 0 Å². The second kappa shape index (κ2) is 8.78. The number of hydrogen-bond donors (Lipinski definition) is 2. The molecule has 0 amide bonds. The summed E-state index contributed by atoms with van der Waals surface area (Å²) in [6.45, 7) is 4.36. The maximum Gasteiger partial charge on any atom is 0.286 e. The Morgan fingerprint density at radius 2 is 2.06 bits per heavy atom. The average molecular weight is 512 g/mol. The highest BCUT2D eigenvalue weighted by atomic mass is 32.2. The molecule has 0 spiro atoms. The van der Waals surface area contributed by atoms with Crippen LogP contribution in [0.25, 0.3) is 21.7 Å². The van der Waals surface area contributed by atoms with Crippen LogP contribution in [0.1, 0.15) is 25.8 Å². The summed E-state index contributed by atoms with van der Waals surface area (Å²) < 4.78 is 36.3. The molecule has 0 radical (unpaired) electrons. The van der Waals surface area contributed by atoms with Crippen molar-refractivity contribution in [3.63, 3.8) is 0 Å². The van der Waals surface area contributed by atoms with Crippen LogP contribution in [0.15, 0.2) is 66.8 Å². The van der Waals surface area contributed by atoms with Gasteiger partial charge in [-0.2, -0.15) is 13.5 Å². The van der Waals surface area contributed by atoms with Crippen LogP contribution in [0.3, 0.4) is 0 Å². The summed E-state index contributed by atoms with van der Waals surface area (Å²) in [5.74, 6) is -0.372. The molecule has 0 bridgehead atoms. The van der Waals surface area contributed by atoms with Gasteiger partial charge < -0.3 is 14.9 Å². The van der Waals surface area contributed by atoms with Crippen LogP contribution < -0.4 is 10.9 Å². The van der Waals surface area contributed by atoms with Gasteiger partial charge in [-0.15, -0.1) is 15.7 Å². The molecule has 4 heterocycles. The van der Waals surface area contributed by atoms with Gasteiger partial charge in [0, 0.05) is 12.1 Å². The first-order chi connectivity index (χ1) is 16.7. The Balaban J connectivity index is 1.65. The van der Waals surface area contributed by atoms with E-state index in [0.717, 1.165) is 0 Å². The van der Waals surface area contributed by atoms with E-state index in [1.807, 2.05) is 19.2 Å². The van der Waals surface area contributed by atoms with Crippen molar-refractivity contribution in [2.75, 3.05) is 5.32 Å². The first-order valence-electron chi connectivity index (χ1n) is 10.8. The largest absolute Gasteiger partial charge is 0.505 e. The third kappa shape index (κ3) is 4.26. The highest BCUT2D eigenvalue weighted by Crippen LogP contribution is 2.36. The van der Waals surface area contributed by atoms with Gasteiger partial charge in [-0.3, -0.25) is 4.79 Å². The quantitative estimate of drug-likeness (QED) is 0.397. The molecule has 10 nitrogen and oxygen atoms in total. The zero-order chi connectivity index (χ0) is 24.7. The molecule has 1 aliphatic rings. The number of aromatic hydroxyl groups is 1. The van der Waals surface area contributed by atoms with Crippen LogP contribution in [-0.2, 0) is 16.6 Å².